The van der Waals surface area contributed by atoms with Crippen LogP contribution in [0, 0.1) is 0 Å². The average molecular weight is 221 g/mol. The lowest BCUT2D eigenvalue weighted by molar-refractivity contribution is 0.0955. The Bertz CT molecular complexity index is 480. The van der Waals surface area contributed by atoms with Gasteiger partial charge in [0.25, 0.3) is 5.91 Å². The molecule has 78 valence electrons. The van der Waals surface area contributed by atoms with E-state index in [1.165, 1.54) is 17.7 Å². The molecule has 0 aliphatic carbocycles. The molecule has 0 unspecified atom stereocenters. The van der Waals surface area contributed by atoms with Crippen LogP contribution in [-0.2, 0) is 0 Å². The molecule has 0 fully saturated rings. The number of aromatic nitrogens is 2. The third-order valence-corrected chi connectivity index (χ3v) is 2.92. The van der Waals surface area contributed by atoms with Crippen LogP contribution in [0.5, 0.6) is 0 Å². The minimum Gasteiger partial charge on any atom is -0.352 e. The summed E-state index contributed by atoms with van der Waals surface area (Å²) in [7, 11) is 0. The summed E-state index contributed by atoms with van der Waals surface area (Å²) in [6.07, 6.45) is 4.12. The van der Waals surface area contributed by atoms with Crippen molar-refractivity contribution in [1.29, 1.82) is 0 Å². The van der Waals surface area contributed by atoms with Gasteiger partial charge >= 0.3 is 0 Å². The lowest BCUT2D eigenvalue weighted by Crippen LogP contribution is -2.23. The Labute approximate surface area is 91.4 Å². The van der Waals surface area contributed by atoms with E-state index in [1.807, 2.05) is 12.3 Å². The average Bonchev–Trinajstić information content (AvgIpc) is 2.69. The van der Waals surface area contributed by atoms with Crippen molar-refractivity contribution < 1.29 is 4.79 Å². The summed E-state index contributed by atoms with van der Waals surface area (Å²) in [5.41, 5.74) is 1.38. The molecule has 2 rings (SSSR count). The number of fused-ring (bicyclic) bond motifs is 1. The molecule has 0 aromatic carbocycles. The van der Waals surface area contributed by atoms with Gasteiger partial charge in [-0.2, -0.15) is 0 Å². The monoisotopic (exact) mass is 221 g/mol. The second-order valence-corrected chi connectivity index (χ2v) is 4.05. The van der Waals surface area contributed by atoms with Gasteiger partial charge < -0.3 is 5.32 Å². The van der Waals surface area contributed by atoms with E-state index < -0.39 is 0 Å². The van der Waals surface area contributed by atoms with Gasteiger partial charge in [0.1, 0.15) is 6.33 Å². The smallest absolute Gasteiger partial charge is 0.254 e. The first kappa shape index (κ1) is 10.0. The second kappa shape index (κ2) is 4.35. The highest BCUT2D eigenvalue weighted by Gasteiger charge is 2.12. The van der Waals surface area contributed by atoms with Crippen molar-refractivity contribution in [2.24, 2.45) is 0 Å². The number of rotatable bonds is 3. The Hall–Kier alpha value is -1.49. The molecule has 4 nitrogen and oxygen atoms in total. The third-order valence-electron chi connectivity index (χ3n) is 2.02. The number of thiophene rings is 1. The zero-order chi connectivity index (χ0) is 10.7. The first-order valence-electron chi connectivity index (χ1n) is 4.78. The molecule has 1 N–H and O–H groups in total. The van der Waals surface area contributed by atoms with E-state index in [9.17, 15) is 4.79 Å². The molecule has 1 amide bonds. The topological polar surface area (TPSA) is 54.9 Å². The van der Waals surface area contributed by atoms with Gasteiger partial charge in [0.05, 0.1) is 15.8 Å². The summed E-state index contributed by atoms with van der Waals surface area (Å²) < 4.78 is 0.944. The highest BCUT2D eigenvalue weighted by Crippen LogP contribution is 2.22. The molecule has 2 aromatic rings. The van der Waals surface area contributed by atoms with E-state index in [1.54, 1.807) is 6.20 Å². The summed E-state index contributed by atoms with van der Waals surface area (Å²) in [4.78, 5) is 19.7. The minimum atomic E-state index is -0.0539. The predicted molar refractivity (Wildman–Crippen MR) is 60.0 cm³/mol. The number of carbonyl (C=O) groups excluding carboxylic acids is 1. The molecular weight excluding hydrogens is 210 g/mol. The van der Waals surface area contributed by atoms with Crippen LogP contribution >= 0.6 is 11.3 Å². The third kappa shape index (κ3) is 1.97. The predicted octanol–water partition coefficient (Wildman–Crippen LogP) is 1.83. The Morgan fingerprint density at radius 1 is 1.60 bits per heavy atom. The van der Waals surface area contributed by atoms with Crippen molar-refractivity contribution in [3.63, 3.8) is 0 Å². The van der Waals surface area contributed by atoms with Gasteiger partial charge in [-0.15, -0.1) is 11.3 Å². The Balaban J connectivity index is 2.31. The number of hydrogen-bond donors (Lipinski definition) is 1. The molecule has 2 aromatic heterocycles. The molecule has 5 heteroatoms. The van der Waals surface area contributed by atoms with E-state index in [0.29, 0.717) is 12.1 Å². The number of nitrogens with zero attached hydrogens (tertiary/aromatic N) is 2. The Morgan fingerprint density at radius 3 is 3.27 bits per heavy atom. The number of hydrogen-bond acceptors (Lipinski definition) is 4. The molecule has 0 saturated carbocycles. The molecule has 15 heavy (non-hydrogen) atoms. The van der Waals surface area contributed by atoms with Crippen LogP contribution in [0.25, 0.3) is 10.2 Å². The summed E-state index contributed by atoms with van der Waals surface area (Å²) in [6.45, 7) is 2.72. The summed E-state index contributed by atoms with van der Waals surface area (Å²) in [6, 6.07) is 0. The second-order valence-electron chi connectivity index (χ2n) is 3.14. The van der Waals surface area contributed by atoms with E-state index >= 15 is 0 Å². The number of nitrogens with one attached hydrogen (secondary N) is 1. The first-order chi connectivity index (χ1) is 7.33. The zero-order valence-electron chi connectivity index (χ0n) is 8.36. The van der Waals surface area contributed by atoms with Gasteiger partial charge in [-0.05, 0) is 6.42 Å². The largest absolute Gasteiger partial charge is 0.352 e. The van der Waals surface area contributed by atoms with Crippen molar-refractivity contribution in [2.75, 3.05) is 6.54 Å². The Morgan fingerprint density at radius 2 is 2.47 bits per heavy atom. The summed E-state index contributed by atoms with van der Waals surface area (Å²) in [5.74, 6) is -0.0539. The van der Waals surface area contributed by atoms with Crippen molar-refractivity contribution in [1.82, 2.24) is 15.3 Å². The molecule has 0 aliphatic heterocycles. The maximum absolute atomic E-state index is 11.7. The highest BCUT2D eigenvalue weighted by molar-refractivity contribution is 7.17. The van der Waals surface area contributed by atoms with Gasteiger partial charge in [-0.3, -0.25) is 4.79 Å². The molecule has 0 atom stereocenters. The van der Waals surface area contributed by atoms with Crippen molar-refractivity contribution in [3.05, 3.63) is 23.5 Å². The quantitative estimate of drug-likeness (QED) is 0.860. The van der Waals surface area contributed by atoms with Crippen LogP contribution < -0.4 is 5.32 Å². The minimum absolute atomic E-state index is 0.0539. The molecule has 2 heterocycles. The van der Waals surface area contributed by atoms with Gasteiger partial charge in [0.2, 0.25) is 0 Å². The SMILES string of the molecule is CCCNC(=O)c1csc2cncnc12. The summed E-state index contributed by atoms with van der Waals surface area (Å²) in [5, 5.41) is 4.66. The maximum atomic E-state index is 11.7. The molecule has 0 aliphatic rings. The molecule has 0 radical (unpaired) electrons. The van der Waals surface area contributed by atoms with E-state index in [-0.39, 0.29) is 5.91 Å². The number of carbonyl (C=O) groups is 1. The van der Waals surface area contributed by atoms with Crippen LogP contribution in [0.3, 0.4) is 0 Å². The zero-order valence-corrected chi connectivity index (χ0v) is 9.17. The van der Waals surface area contributed by atoms with Gasteiger partial charge in [0, 0.05) is 18.1 Å². The highest BCUT2D eigenvalue weighted by atomic mass is 32.1. The fourth-order valence-electron chi connectivity index (χ4n) is 1.28. The Kier molecular flexibility index (Phi) is 2.91. The number of amides is 1. The van der Waals surface area contributed by atoms with Crippen molar-refractivity contribution in [2.45, 2.75) is 13.3 Å². The van der Waals surface area contributed by atoms with Crippen LogP contribution in [0.2, 0.25) is 0 Å². The van der Waals surface area contributed by atoms with Gasteiger partial charge in [0.15, 0.2) is 0 Å². The van der Waals surface area contributed by atoms with E-state index in [4.69, 9.17) is 0 Å². The van der Waals surface area contributed by atoms with Crippen LogP contribution in [-0.4, -0.2) is 22.4 Å². The molecular formula is C10H11N3OS. The lowest BCUT2D eigenvalue weighted by Gasteiger charge is -2.00. The first-order valence-corrected chi connectivity index (χ1v) is 5.66. The lowest BCUT2D eigenvalue weighted by atomic mass is 10.2. The van der Waals surface area contributed by atoms with Crippen LogP contribution in [0.15, 0.2) is 17.9 Å². The van der Waals surface area contributed by atoms with Crippen molar-refractivity contribution >= 4 is 27.5 Å². The van der Waals surface area contributed by atoms with Crippen molar-refractivity contribution in [3.8, 4) is 0 Å². The van der Waals surface area contributed by atoms with Gasteiger partial charge in [-0.25, -0.2) is 9.97 Å². The fraction of sp³-hybridized carbons (Fsp3) is 0.300. The van der Waals surface area contributed by atoms with Crippen LogP contribution in [0.4, 0.5) is 0 Å². The van der Waals surface area contributed by atoms with E-state index in [0.717, 1.165) is 16.6 Å². The molecule has 0 spiro atoms. The molecule has 0 saturated heterocycles. The maximum Gasteiger partial charge on any atom is 0.254 e. The van der Waals surface area contributed by atoms with Crippen LogP contribution in [0.1, 0.15) is 23.7 Å². The normalized spacial score (nSPS) is 10.5. The molecule has 0 bridgehead atoms. The summed E-state index contributed by atoms with van der Waals surface area (Å²) >= 11 is 1.49. The fourth-order valence-corrected chi connectivity index (χ4v) is 2.14. The van der Waals surface area contributed by atoms with Gasteiger partial charge in [-0.1, -0.05) is 6.92 Å². The van der Waals surface area contributed by atoms with E-state index in [2.05, 4.69) is 15.3 Å². The standard InChI is InChI=1S/C10H11N3OS/c1-2-3-12-10(14)7-5-15-8-4-11-6-13-9(7)8/h4-6H,2-3H2,1H3,(H,12,14).